The van der Waals surface area contributed by atoms with E-state index in [1.54, 1.807) is 16.7 Å². The predicted octanol–water partition coefficient (Wildman–Crippen LogP) is 3.00. The predicted molar refractivity (Wildman–Crippen MR) is 76.5 cm³/mol. The van der Waals surface area contributed by atoms with E-state index in [-0.39, 0.29) is 5.56 Å². The van der Waals surface area contributed by atoms with Crippen LogP contribution in [0.15, 0.2) is 65.7 Å². The highest BCUT2D eigenvalue weighted by Crippen LogP contribution is 2.20. The Labute approximate surface area is 108 Å². The van der Waals surface area contributed by atoms with Crippen molar-refractivity contribution in [3.05, 3.63) is 71.3 Å². The lowest BCUT2D eigenvalue weighted by Gasteiger charge is -2.06. The van der Waals surface area contributed by atoms with Crippen molar-refractivity contribution >= 4 is 27.2 Å². The van der Waals surface area contributed by atoms with Crippen molar-refractivity contribution < 1.29 is 0 Å². The van der Waals surface area contributed by atoms with E-state index in [9.17, 15) is 4.79 Å². The molecule has 0 saturated carbocycles. The molecule has 0 saturated heterocycles. The molecule has 0 amide bonds. The molecule has 3 nitrogen and oxygen atoms in total. The Bertz CT molecular complexity index is 986. The third-order valence-electron chi connectivity index (χ3n) is 3.46. The van der Waals surface area contributed by atoms with Crippen LogP contribution < -0.4 is 5.56 Å². The van der Waals surface area contributed by atoms with Gasteiger partial charge in [-0.2, -0.15) is 0 Å². The summed E-state index contributed by atoms with van der Waals surface area (Å²) in [5.74, 6) is 0. The molecule has 0 radical (unpaired) electrons. The molecule has 0 spiro atoms. The Hall–Kier alpha value is -2.68. The molecule has 0 aliphatic carbocycles. The number of fused-ring (bicyclic) bond motifs is 4. The summed E-state index contributed by atoms with van der Waals surface area (Å²) in [6.07, 6.45) is 3.54. The molecular formula is C16H10N2O. The molecule has 0 N–H and O–H groups in total. The maximum Gasteiger partial charge on any atom is 0.264 e. The van der Waals surface area contributed by atoms with Crippen molar-refractivity contribution in [2.75, 3.05) is 0 Å². The summed E-state index contributed by atoms with van der Waals surface area (Å²) in [6.45, 7) is 0. The molecule has 1 aromatic carbocycles. The first-order valence-corrected chi connectivity index (χ1v) is 6.12. The van der Waals surface area contributed by atoms with Crippen molar-refractivity contribution in [1.29, 1.82) is 0 Å². The van der Waals surface area contributed by atoms with E-state index in [0.717, 1.165) is 21.8 Å². The van der Waals surface area contributed by atoms with Gasteiger partial charge < -0.3 is 0 Å². The summed E-state index contributed by atoms with van der Waals surface area (Å²) >= 11 is 0. The molecule has 0 aliphatic rings. The van der Waals surface area contributed by atoms with Gasteiger partial charge in [-0.25, -0.2) is 0 Å². The second-order valence-corrected chi connectivity index (χ2v) is 4.54. The highest BCUT2D eigenvalue weighted by molar-refractivity contribution is 5.98. The van der Waals surface area contributed by atoms with Crippen molar-refractivity contribution in [3.8, 4) is 0 Å². The first-order valence-electron chi connectivity index (χ1n) is 6.12. The van der Waals surface area contributed by atoms with Crippen LogP contribution >= 0.6 is 0 Å². The van der Waals surface area contributed by atoms with Crippen LogP contribution in [-0.4, -0.2) is 9.38 Å². The van der Waals surface area contributed by atoms with E-state index >= 15 is 0 Å². The lowest BCUT2D eigenvalue weighted by atomic mass is 10.1. The summed E-state index contributed by atoms with van der Waals surface area (Å²) in [4.78, 5) is 16.7. The molecule has 3 aromatic heterocycles. The molecule has 4 rings (SSSR count). The SMILES string of the molecule is O=c1c2cccnc2cc2c3ccccc3ccn12. The van der Waals surface area contributed by atoms with Crippen LogP contribution in [-0.2, 0) is 0 Å². The summed E-state index contributed by atoms with van der Waals surface area (Å²) in [5.41, 5.74) is 1.62. The van der Waals surface area contributed by atoms with Gasteiger partial charge in [-0.15, -0.1) is 0 Å². The fourth-order valence-electron chi connectivity index (χ4n) is 2.54. The van der Waals surface area contributed by atoms with E-state index in [1.807, 2.05) is 48.7 Å². The molecular weight excluding hydrogens is 236 g/mol. The van der Waals surface area contributed by atoms with Gasteiger partial charge in [0.15, 0.2) is 0 Å². The van der Waals surface area contributed by atoms with Gasteiger partial charge in [0.1, 0.15) is 0 Å². The largest absolute Gasteiger partial charge is 0.283 e. The van der Waals surface area contributed by atoms with Crippen LogP contribution in [0.3, 0.4) is 0 Å². The first kappa shape index (κ1) is 10.3. The van der Waals surface area contributed by atoms with Crippen LogP contribution in [0.2, 0.25) is 0 Å². The molecule has 0 atom stereocenters. The van der Waals surface area contributed by atoms with Crippen molar-refractivity contribution in [2.24, 2.45) is 0 Å². The number of hydrogen-bond acceptors (Lipinski definition) is 2. The lowest BCUT2D eigenvalue weighted by Crippen LogP contribution is -2.13. The summed E-state index contributed by atoms with van der Waals surface area (Å²) in [7, 11) is 0. The maximum absolute atomic E-state index is 12.5. The molecule has 0 unspecified atom stereocenters. The third kappa shape index (κ3) is 1.38. The zero-order chi connectivity index (χ0) is 12.8. The minimum Gasteiger partial charge on any atom is -0.283 e. The Morgan fingerprint density at radius 1 is 0.947 bits per heavy atom. The number of rotatable bonds is 0. The number of benzene rings is 1. The van der Waals surface area contributed by atoms with Gasteiger partial charge in [-0.05, 0) is 29.7 Å². The van der Waals surface area contributed by atoms with E-state index in [4.69, 9.17) is 0 Å². The smallest absolute Gasteiger partial charge is 0.264 e. The standard InChI is InChI=1S/C16H10N2O/c19-16-13-6-3-8-17-14(13)10-15-12-5-2-1-4-11(12)7-9-18(15)16/h1-10H. The maximum atomic E-state index is 12.5. The fourth-order valence-corrected chi connectivity index (χ4v) is 2.54. The van der Waals surface area contributed by atoms with Crippen LogP contribution in [0.4, 0.5) is 0 Å². The topological polar surface area (TPSA) is 34.4 Å². The van der Waals surface area contributed by atoms with Crippen molar-refractivity contribution in [1.82, 2.24) is 9.38 Å². The quantitative estimate of drug-likeness (QED) is 0.353. The van der Waals surface area contributed by atoms with Gasteiger partial charge in [0, 0.05) is 17.8 Å². The third-order valence-corrected chi connectivity index (χ3v) is 3.46. The molecule has 0 aliphatic heterocycles. The van der Waals surface area contributed by atoms with Gasteiger partial charge in [0.2, 0.25) is 0 Å². The van der Waals surface area contributed by atoms with E-state index in [2.05, 4.69) is 4.98 Å². The van der Waals surface area contributed by atoms with Gasteiger partial charge in [0.05, 0.1) is 16.4 Å². The van der Waals surface area contributed by atoms with Gasteiger partial charge >= 0.3 is 0 Å². The molecule has 0 fully saturated rings. The zero-order valence-electron chi connectivity index (χ0n) is 10.1. The minimum atomic E-state index is -0.0219. The van der Waals surface area contributed by atoms with Gasteiger partial charge in [-0.3, -0.25) is 14.2 Å². The molecule has 3 heterocycles. The normalized spacial score (nSPS) is 11.4. The van der Waals surface area contributed by atoms with Crippen molar-refractivity contribution in [3.63, 3.8) is 0 Å². The van der Waals surface area contributed by atoms with E-state index in [1.165, 1.54) is 0 Å². The monoisotopic (exact) mass is 246 g/mol. The summed E-state index contributed by atoms with van der Waals surface area (Å²) in [5, 5.41) is 2.84. The summed E-state index contributed by atoms with van der Waals surface area (Å²) < 4.78 is 1.69. The molecule has 3 heteroatoms. The van der Waals surface area contributed by atoms with E-state index in [0.29, 0.717) is 5.39 Å². The molecule has 0 bridgehead atoms. The Balaban J connectivity index is 2.36. The molecule has 4 aromatic rings. The Morgan fingerprint density at radius 3 is 2.74 bits per heavy atom. The second-order valence-electron chi connectivity index (χ2n) is 4.54. The Morgan fingerprint density at radius 2 is 1.79 bits per heavy atom. The second kappa shape index (κ2) is 3.65. The zero-order valence-corrected chi connectivity index (χ0v) is 10.1. The van der Waals surface area contributed by atoms with Crippen LogP contribution in [0.25, 0.3) is 27.2 Å². The minimum absolute atomic E-state index is 0.0219. The fraction of sp³-hybridized carbons (Fsp3) is 0. The lowest BCUT2D eigenvalue weighted by molar-refractivity contribution is 1.12. The number of aromatic nitrogens is 2. The van der Waals surface area contributed by atoms with E-state index < -0.39 is 0 Å². The molecule has 90 valence electrons. The number of hydrogen-bond donors (Lipinski definition) is 0. The number of nitrogens with zero attached hydrogens (tertiary/aromatic N) is 2. The van der Waals surface area contributed by atoms with Gasteiger partial charge in [0.25, 0.3) is 5.56 Å². The van der Waals surface area contributed by atoms with Crippen molar-refractivity contribution in [2.45, 2.75) is 0 Å². The molecule has 19 heavy (non-hydrogen) atoms. The van der Waals surface area contributed by atoms with Crippen LogP contribution in [0, 0.1) is 0 Å². The van der Waals surface area contributed by atoms with Crippen LogP contribution in [0.1, 0.15) is 0 Å². The highest BCUT2D eigenvalue weighted by Gasteiger charge is 2.06. The number of pyridine rings is 3. The first-order chi connectivity index (χ1) is 9.34. The average Bonchev–Trinajstić information content (AvgIpc) is 2.47. The summed E-state index contributed by atoms with van der Waals surface area (Å²) in [6, 6.07) is 15.6. The van der Waals surface area contributed by atoms with Crippen LogP contribution in [0.5, 0.6) is 0 Å². The highest BCUT2D eigenvalue weighted by atomic mass is 16.1. The Kier molecular flexibility index (Phi) is 1.97. The van der Waals surface area contributed by atoms with Gasteiger partial charge in [-0.1, -0.05) is 24.3 Å². The average molecular weight is 246 g/mol.